The van der Waals surface area contributed by atoms with E-state index in [4.69, 9.17) is 15.7 Å². The minimum Gasteiger partial charge on any atom is -0.444 e. The van der Waals surface area contributed by atoms with Gasteiger partial charge in [0.2, 0.25) is 0 Å². The van der Waals surface area contributed by atoms with Gasteiger partial charge in [0.25, 0.3) is 0 Å². The van der Waals surface area contributed by atoms with E-state index in [0.717, 1.165) is 6.07 Å². The number of carbonyl (C=O) groups is 1. The molecule has 24 heavy (non-hydrogen) atoms. The molecule has 0 fully saturated rings. The van der Waals surface area contributed by atoms with Crippen LogP contribution in [0.3, 0.4) is 0 Å². The number of ether oxygens (including phenoxy) is 2. The van der Waals surface area contributed by atoms with Gasteiger partial charge in [0.15, 0.2) is 5.84 Å². The van der Waals surface area contributed by atoms with Crippen LogP contribution in [0.1, 0.15) is 32.4 Å². The molecule has 134 valence electrons. The molecule has 1 unspecified atom stereocenters. The summed E-state index contributed by atoms with van der Waals surface area (Å²) in [5.74, 6) is -1.14. The maximum Gasteiger partial charge on any atom is 0.573 e. The number of oxime groups is 1. The Kier molecular flexibility index (Phi) is 5.88. The molecule has 1 atom stereocenters. The molecular weight excluding hydrogens is 331 g/mol. The summed E-state index contributed by atoms with van der Waals surface area (Å²) in [5.41, 5.74) is 4.48. The zero-order valence-corrected chi connectivity index (χ0v) is 13.2. The summed E-state index contributed by atoms with van der Waals surface area (Å²) < 4.78 is 46.4. The number of alkyl carbamates (subject to hydrolysis) is 1. The van der Waals surface area contributed by atoms with E-state index in [0.29, 0.717) is 0 Å². The summed E-state index contributed by atoms with van der Waals surface area (Å²) in [5, 5.41) is 13.8. The first-order valence-electron chi connectivity index (χ1n) is 6.74. The molecule has 0 heterocycles. The van der Waals surface area contributed by atoms with Crippen LogP contribution in [0.15, 0.2) is 29.4 Å². The molecule has 1 aromatic rings. The van der Waals surface area contributed by atoms with Crippen molar-refractivity contribution < 1.29 is 32.6 Å². The number of nitrogens with one attached hydrogen (secondary N) is 1. The predicted molar refractivity (Wildman–Crippen MR) is 78.6 cm³/mol. The van der Waals surface area contributed by atoms with E-state index in [2.05, 4.69) is 15.2 Å². The Morgan fingerprint density at radius 2 is 1.88 bits per heavy atom. The number of hydrogen-bond acceptors (Lipinski definition) is 5. The van der Waals surface area contributed by atoms with Crippen molar-refractivity contribution in [2.24, 2.45) is 10.9 Å². The van der Waals surface area contributed by atoms with Gasteiger partial charge in [-0.05, 0) is 26.8 Å². The van der Waals surface area contributed by atoms with Crippen molar-refractivity contribution in [2.45, 2.75) is 38.8 Å². The Hall–Kier alpha value is -2.65. The number of benzene rings is 1. The van der Waals surface area contributed by atoms with Crippen molar-refractivity contribution >= 4 is 11.9 Å². The summed E-state index contributed by atoms with van der Waals surface area (Å²) in [6.07, 6.45) is -5.90. The Balaban J connectivity index is 3.17. The fourth-order valence-corrected chi connectivity index (χ4v) is 1.73. The maximum absolute atomic E-state index is 12.5. The Bertz CT molecular complexity index is 612. The second kappa shape index (κ2) is 7.28. The van der Waals surface area contributed by atoms with Gasteiger partial charge in [-0.25, -0.2) is 4.79 Å². The summed E-state index contributed by atoms with van der Waals surface area (Å²) in [7, 11) is 0. The first kappa shape index (κ1) is 19.4. The van der Waals surface area contributed by atoms with Crippen molar-refractivity contribution in [3.8, 4) is 5.75 Å². The largest absolute Gasteiger partial charge is 0.573 e. The highest BCUT2D eigenvalue weighted by atomic mass is 19.4. The molecule has 0 aromatic heterocycles. The topological polar surface area (TPSA) is 106 Å². The highest BCUT2D eigenvalue weighted by Crippen LogP contribution is 2.30. The van der Waals surface area contributed by atoms with Gasteiger partial charge in [-0.2, -0.15) is 0 Å². The third-order valence-corrected chi connectivity index (χ3v) is 2.53. The smallest absolute Gasteiger partial charge is 0.444 e. The van der Waals surface area contributed by atoms with E-state index < -0.39 is 35.7 Å². The lowest BCUT2D eigenvalue weighted by molar-refractivity contribution is -0.274. The standard InChI is InChI=1S/C14H18F3N3O4/c1-13(2,3)24-12(21)19-10(11(18)20-22)8-6-4-5-7-9(8)23-14(15,16)17/h4-7,10,22H,1-3H3,(H2,18,20)(H,19,21). The molecular formula is C14H18F3N3O4. The Morgan fingerprint density at radius 3 is 2.38 bits per heavy atom. The summed E-state index contributed by atoms with van der Waals surface area (Å²) in [4.78, 5) is 11.9. The number of nitrogens with two attached hydrogens (primary N) is 1. The highest BCUT2D eigenvalue weighted by molar-refractivity contribution is 5.90. The summed E-state index contributed by atoms with van der Waals surface area (Å²) >= 11 is 0. The number of amides is 1. The molecule has 0 aliphatic carbocycles. The first-order valence-corrected chi connectivity index (χ1v) is 6.74. The van der Waals surface area contributed by atoms with Crippen molar-refractivity contribution in [3.63, 3.8) is 0 Å². The van der Waals surface area contributed by atoms with Crippen LogP contribution in [0.25, 0.3) is 0 Å². The van der Waals surface area contributed by atoms with Crippen molar-refractivity contribution in [2.75, 3.05) is 0 Å². The monoisotopic (exact) mass is 349 g/mol. The second-order valence-electron chi connectivity index (χ2n) is 5.69. The minimum absolute atomic E-state index is 0.156. The number of amidine groups is 1. The van der Waals surface area contributed by atoms with Crippen LogP contribution < -0.4 is 15.8 Å². The number of hydrogen-bond donors (Lipinski definition) is 3. The van der Waals surface area contributed by atoms with E-state index in [1.807, 2.05) is 0 Å². The SMILES string of the molecule is CC(C)(C)OC(=O)NC(/C(N)=N/O)c1ccccc1OC(F)(F)F. The van der Waals surface area contributed by atoms with Crippen LogP contribution in [-0.4, -0.2) is 29.1 Å². The molecule has 0 radical (unpaired) electrons. The van der Waals surface area contributed by atoms with E-state index >= 15 is 0 Å². The molecule has 1 aromatic carbocycles. The average molecular weight is 349 g/mol. The fraction of sp³-hybridized carbons (Fsp3) is 0.429. The maximum atomic E-state index is 12.5. The highest BCUT2D eigenvalue weighted by Gasteiger charge is 2.34. The Labute approximate surface area is 136 Å². The van der Waals surface area contributed by atoms with Crippen molar-refractivity contribution in [1.82, 2.24) is 5.32 Å². The van der Waals surface area contributed by atoms with Gasteiger partial charge in [-0.1, -0.05) is 23.4 Å². The zero-order valence-electron chi connectivity index (χ0n) is 13.2. The van der Waals surface area contributed by atoms with Crippen LogP contribution in [-0.2, 0) is 4.74 Å². The number of para-hydroxylation sites is 1. The molecule has 0 saturated carbocycles. The summed E-state index contributed by atoms with van der Waals surface area (Å²) in [6.45, 7) is 4.81. The van der Waals surface area contributed by atoms with E-state index in [1.54, 1.807) is 20.8 Å². The quantitative estimate of drug-likeness (QED) is 0.335. The van der Waals surface area contributed by atoms with Gasteiger partial charge in [0.1, 0.15) is 17.4 Å². The lowest BCUT2D eigenvalue weighted by atomic mass is 10.0. The molecule has 0 spiro atoms. The number of carbonyl (C=O) groups excluding carboxylic acids is 1. The molecule has 1 amide bonds. The van der Waals surface area contributed by atoms with Crippen LogP contribution >= 0.6 is 0 Å². The average Bonchev–Trinajstić information content (AvgIpc) is 2.41. The molecule has 0 bridgehead atoms. The van der Waals surface area contributed by atoms with Gasteiger partial charge in [0, 0.05) is 5.56 Å². The minimum atomic E-state index is -4.95. The molecule has 0 aliphatic rings. The molecule has 7 nitrogen and oxygen atoms in total. The van der Waals surface area contributed by atoms with Gasteiger partial charge in [-0.15, -0.1) is 13.2 Å². The molecule has 4 N–H and O–H groups in total. The lowest BCUT2D eigenvalue weighted by Crippen LogP contribution is -2.41. The second-order valence-corrected chi connectivity index (χ2v) is 5.69. The number of nitrogens with zero attached hydrogens (tertiary/aromatic N) is 1. The fourth-order valence-electron chi connectivity index (χ4n) is 1.73. The molecule has 0 aliphatic heterocycles. The number of halogens is 3. The third-order valence-electron chi connectivity index (χ3n) is 2.53. The number of alkyl halides is 3. The van der Waals surface area contributed by atoms with Gasteiger partial charge >= 0.3 is 12.5 Å². The van der Waals surface area contributed by atoms with Crippen LogP contribution in [0.5, 0.6) is 5.75 Å². The van der Waals surface area contributed by atoms with E-state index in [-0.39, 0.29) is 5.56 Å². The zero-order chi connectivity index (χ0) is 18.5. The summed E-state index contributed by atoms with van der Waals surface area (Å²) in [6, 6.07) is 3.61. The van der Waals surface area contributed by atoms with E-state index in [1.165, 1.54) is 18.2 Å². The van der Waals surface area contributed by atoms with Crippen molar-refractivity contribution in [3.05, 3.63) is 29.8 Å². The first-order chi connectivity index (χ1) is 10.9. The van der Waals surface area contributed by atoms with Crippen LogP contribution in [0.2, 0.25) is 0 Å². The normalized spacial score (nSPS) is 14.0. The molecule has 10 heteroatoms. The Morgan fingerprint density at radius 1 is 1.29 bits per heavy atom. The van der Waals surface area contributed by atoms with Crippen LogP contribution in [0, 0.1) is 0 Å². The van der Waals surface area contributed by atoms with E-state index in [9.17, 15) is 18.0 Å². The predicted octanol–water partition coefficient (Wildman–Crippen LogP) is 2.90. The van der Waals surface area contributed by atoms with Crippen molar-refractivity contribution in [1.29, 1.82) is 0 Å². The van der Waals surface area contributed by atoms with Gasteiger partial charge < -0.3 is 25.7 Å². The lowest BCUT2D eigenvalue weighted by Gasteiger charge is -2.24. The van der Waals surface area contributed by atoms with Crippen LogP contribution in [0.4, 0.5) is 18.0 Å². The molecule has 0 saturated heterocycles. The molecule has 1 rings (SSSR count). The third kappa shape index (κ3) is 6.23. The van der Waals surface area contributed by atoms with Gasteiger partial charge in [0.05, 0.1) is 0 Å². The van der Waals surface area contributed by atoms with Gasteiger partial charge in [-0.3, -0.25) is 0 Å². The number of rotatable bonds is 4.